The fraction of sp³-hybridized carbons (Fsp3) is 0.346. The summed E-state index contributed by atoms with van der Waals surface area (Å²) in [4.78, 5) is 21.7. The van der Waals surface area contributed by atoms with Crippen molar-refractivity contribution in [3.05, 3.63) is 65.1 Å². The number of hydrogen-bond acceptors (Lipinski definition) is 10. The van der Waals surface area contributed by atoms with Crippen molar-refractivity contribution in [3.8, 4) is 11.4 Å². The van der Waals surface area contributed by atoms with Crippen LogP contribution in [0.4, 0.5) is 8.78 Å². The Morgan fingerprint density at radius 3 is 2.83 bits per heavy atom. The highest BCUT2D eigenvalue weighted by Crippen LogP contribution is 2.43. The van der Waals surface area contributed by atoms with Crippen LogP contribution < -0.4 is 15.9 Å². The molecule has 0 bridgehead atoms. The van der Waals surface area contributed by atoms with Crippen molar-refractivity contribution in [2.75, 3.05) is 20.3 Å². The number of pyridine rings is 1. The highest BCUT2D eigenvalue weighted by molar-refractivity contribution is 6.60. The molecule has 2 aliphatic rings. The zero-order chi connectivity index (χ0) is 28.6. The van der Waals surface area contributed by atoms with Crippen LogP contribution in [0, 0.1) is 5.82 Å². The molecule has 2 fully saturated rings. The summed E-state index contributed by atoms with van der Waals surface area (Å²) in [6.07, 6.45) is 8.43. The van der Waals surface area contributed by atoms with Gasteiger partial charge in [0.1, 0.15) is 12.0 Å². The molecule has 0 spiro atoms. The molecule has 3 aromatic heterocycles. The van der Waals surface area contributed by atoms with Crippen molar-refractivity contribution in [2.24, 2.45) is 15.9 Å². The number of nitrogens with zero attached hydrogens (tertiary/aromatic N) is 8. The maximum atomic E-state index is 15.4. The largest absolute Gasteiger partial charge is 0.494 e. The molecule has 6 rings (SSSR count). The molecule has 212 valence electrons. The lowest BCUT2D eigenvalue weighted by Crippen LogP contribution is -2.43. The van der Waals surface area contributed by atoms with Crippen LogP contribution in [-0.4, -0.2) is 67.7 Å². The van der Waals surface area contributed by atoms with E-state index in [9.17, 15) is 4.79 Å². The van der Waals surface area contributed by atoms with Crippen LogP contribution in [-0.2, 0) is 28.3 Å². The smallest absolute Gasteiger partial charge is 0.273 e. The fourth-order valence-electron chi connectivity index (χ4n) is 4.69. The third-order valence-electron chi connectivity index (χ3n) is 7.08. The highest BCUT2D eigenvalue weighted by Gasteiger charge is 2.43. The molecule has 1 aliphatic heterocycles. The Hall–Kier alpha value is -4.79. The van der Waals surface area contributed by atoms with Crippen LogP contribution in [0.5, 0.6) is 5.75 Å². The zero-order valence-electron chi connectivity index (χ0n) is 22.0. The molecule has 41 heavy (non-hydrogen) atoms. The van der Waals surface area contributed by atoms with E-state index in [-0.39, 0.29) is 43.3 Å². The van der Waals surface area contributed by atoms with Crippen molar-refractivity contribution >= 4 is 23.5 Å². The molecule has 0 radical (unpaired) electrons. The topological polar surface area (TPSA) is 159 Å². The van der Waals surface area contributed by atoms with E-state index in [1.807, 2.05) is 16.7 Å². The van der Waals surface area contributed by atoms with Gasteiger partial charge < -0.3 is 25.0 Å². The number of alkyl halides is 1. The fourth-order valence-corrected chi connectivity index (χ4v) is 4.69. The maximum absolute atomic E-state index is 15.4. The summed E-state index contributed by atoms with van der Waals surface area (Å²) >= 11 is 0. The molecule has 4 heterocycles. The number of benzene rings is 1. The minimum Gasteiger partial charge on any atom is -0.494 e. The molecule has 0 atom stereocenters. The van der Waals surface area contributed by atoms with Gasteiger partial charge in [-0.3, -0.25) is 9.79 Å². The molecule has 15 heteroatoms. The molecule has 13 nitrogen and oxygen atoms in total. The number of carbonyl (C=O) groups is 1. The van der Waals surface area contributed by atoms with Crippen LogP contribution in [0.25, 0.3) is 11.3 Å². The number of aromatic nitrogens is 6. The van der Waals surface area contributed by atoms with Gasteiger partial charge in [-0.25, -0.2) is 18.4 Å². The van der Waals surface area contributed by atoms with Crippen LogP contribution in [0.3, 0.4) is 0 Å². The van der Waals surface area contributed by atoms with Crippen LogP contribution in [0.1, 0.15) is 41.1 Å². The van der Waals surface area contributed by atoms with Crippen LogP contribution in [0.15, 0.2) is 47.0 Å². The molecular weight excluding hydrogens is 538 g/mol. The Kier molecular flexibility index (Phi) is 6.86. The number of tetrazole rings is 1. The normalized spacial score (nSPS) is 16.7. The van der Waals surface area contributed by atoms with Crippen molar-refractivity contribution < 1.29 is 23.0 Å². The van der Waals surface area contributed by atoms with Gasteiger partial charge in [-0.2, -0.15) is 5.10 Å². The number of hydrogen-bond donors (Lipinski definition) is 2. The SMILES string of the molecule is COc1ccc(-n2cnnn2)c(CNC(=O)C(C=NCc2cn3cc(C4CC4)cc(C4(F)COC4)c3n2)=NN)c1F. The zero-order valence-corrected chi connectivity index (χ0v) is 22.0. The van der Waals surface area contributed by atoms with E-state index in [1.165, 1.54) is 30.4 Å². The van der Waals surface area contributed by atoms with Gasteiger partial charge in [-0.15, -0.1) is 5.10 Å². The van der Waals surface area contributed by atoms with Crippen LogP contribution >= 0.6 is 0 Å². The second-order valence-corrected chi connectivity index (χ2v) is 9.88. The van der Waals surface area contributed by atoms with Crippen molar-refractivity contribution in [1.82, 2.24) is 34.9 Å². The van der Waals surface area contributed by atoms with E-state index in [4.69, 9.17) is 15.3 Å². The predicted molar refractivity (Wildman–Crippen MR) is 142 cm³/mol. The summed E-state index contributed by atoms with van der Waals surface area (Å²) < 4.78 is 43.7. The van der Waals surface area contributed by atoms with E-state index in [0.717, 1.165) is 18.4 Å². The number of nitrogens with two attached hydrogens (primary N) is 1. The third kappa shape index (κ3) is 5.11. The van der Waals surface area contributed by atoms with Gasteiger partial charge in [0.2, 0.25) is 0 Å². The minimum atomic E-state index is -1.57. The highest BCUT2D eigenvalue weighted by atomic mass is 19.1. The summed E-state index contributed by atoms with van der Waals surface area (Å²) in [5.74, 6) is 4.50. The Balaban J connectivity index is 1.16. The monoisotopic (exact) mass is 564 g/mol. The Morgan fingerprint density at radius 2 is 2.17 bits per heavy atom. The maximum Gasteiger partial charge on any atom is 0.273 e. The van der Waals surface area contributed by atoms with Crippen molar-refractivity contribution in [2.45, 2.75) is 37.5 Å². The van der Waals surface area contributed by atoms with E-state index < -0.39 is 17.4 Å². The number of fused-ring (bicyclic) bond motifs is 1. The second-order valence-electron chi connectivity index (χ2n) is 9.88. The summed E-state index contributed by atoms with van der Waals surface area (Å²) in [5, 5.41) is 17.0. The quantitative estimate of drug-likeness (QED) is 0.167. The molecule has 4 aromatic rings. The molecule has 1 saturated heterocycles. The minimum absolute atomic E-state index is 0.000556. The summed E-state index contributed by atoms with van der Waals surface area (Å²) in [5.41, 5.74) is 1.32. The van der Waals surface area contributed by atoms with E-state index in [0.29, 0.717) is 28.5 Å². The summed E-state index contributed by atoms with van der Waals surface area (Å²) in [6, 6.07) is 4.89. The standard InChI is InChI=1S/C26H26F2N10O3/c1-40-22-5-4-21(38-14-32-35-36-38)18(23(22)27)8-31-25(39)20(34-29)9-30-7-17-11-37-10-16(15-2-3-15)6-19(24(37)33-17)26(28)12-41-13-26/h4-6,9-11,14-15H,2-3,7-8,12-13,29H2,1H3,(H,31,39). The lowest BCUT2D eigenvalue weighted by atomic mass is 9.93. The van der Waals surface area contributed by atoms with Gasteiger partial charge in [-0.1, -0.05) is 0 Å². The number of methoxy groups -OCH3 is 1. The Morgan fingerprint density at radius 1 is 1.34 bits per heavy atom. The molecule has 1 saturated carbocycles. The molecule has 3 N–H and O–H groups in total. The first-order valence-electron chi connectivity index (χ1n) is 12.8. The van der Waals surface area contributed by atoms with Gasteiger partial charge in [0.25, 0.3) is 5.91 Å². The number of aliphatic imine (C=N–C) groups is 1. The van der Waals surface area contributed by atoms with E-state index in [2.05, 4.69) is 35.9 Å². The second kappa shape index (κ2) is 10.6. The van der Waals surface area contributed by atoms with Gasteiger partial charge >= 0.3 is 0 Å². The first-order chi connectivity index (χ1) is 19.9. The molecule has 1 aromatic carbocycles. The van der Waals surface area contributed by atoms with E-state index in [1.54, 1.807) is 12.3 Å². The van der Waals surface area contributed by atoms with Crippen molar-refractivity contribution in [3.63, 3.8) is 0 Å². The molecule has 1 amide bonds. The van der Waals surface area contributed by atoms with Gasteiger partial charge in [0, 0.05) is 30.1 Å². The van der Waals surface area contributed by atoms with E-state index >= 15 is 8.78 Å². The number of imidazole rings is 1. The number of nitrogens with one attached hydrogen (secondary N) is 1. The van der Waals surface area contributed by atoms with Gasteiger partial charge in [-0.05, 0) is 52.9 Å². The first-order valence-corrected chi connectivity index (χ1v) is 12.8. The van der Waals surface area contributed by atoms with Gasteiger partial charge in [0.15, 0.2) is 22.9 Å². The number of ether oxygens (including phenoxy) is 2. The molecule has 1 aliphatic carbocycles. The molecular formula is C26H26F2N10O3. The average Bonchev–Trinajstić information content (AvgIpc) is 3.50. The molecule has 0 unspecified atom stereocenters. The van der Waals surface area contributed by atoms with Gasteiger partial charge in [0.05, 0.1) is 44.5 Å². The predicted octanol–water partition coefficient (Wildman–Crippen LogP) is 1.73. The number of carbonyl (C=O) groups excluding carboxylic acids is 1. The average molecular weight is 565 g/mol. The first kappa shape index (κ1) is 26.4. The Bertz CT molecular complexity index is 1660. The number of rotatable bonds is 10. The Labute approximate surface area is 232 Å². The summed E-state index contributed by atoms with van der Waals surface area (Å²) in [6.45, 7) is -0.147. The van der Waals surface area contributed by atoms with Crippen molar-refractivity contribution in [1.29, 1.82) is 0 Å². The lowest BCUT2D eigenvalue weighted by Gasteiger charge is -2.34. The number of halogens is 2. The number of amides is 1. The lowest BCUT2D eigenvalue weighted by molar-refractivity contribution is -0.134. The third-order valence-corrected chi connectivity index (χ3v) is 7.08. The number of hydrazone groups is 1. The summed E-state index contributed by atoms with van der Waals surface area (Å²) in [7, 11) is 1.33. The van der Waals surface area contributed by atoms with Crippen LogP contribution in [0.2, 0.25) is 0 Å².